The fourth-order valence-electron chi connectivity index (χ4n) is 5.35. The predicted molar refractivity (Wildman–Crippen MR) is 130 cm³/mol. The highest BCUT2D eigenvalue weighted by Crippen LogP contribution is 2.24. The minimum absolute atomic E-state index is 0.00568. The fourth-order valence-corrected chi connectivity index (χ4v) is 5.35. The summed E-state index contributed by atoms with van der Waals surface area (Å²) >= 11 is 0. The van der Waals surface area contributed by atoms with Gasteiger partial charge in [0.2, 0.25) is 5.91 Å². The summed E-state index contributed by atoms with van der Waals surface area (Å²) in [5, 5.41) is 10.9. The standard InChI is InChI=1S/C24H39N7O3/c32-23-21-20(17-25-29-23)27-24(31-9-3-1-2-4-10-31)28-22(21)26-18-5-7-19(8-6-18)34-16-13-30-11-14-33-15-12-30/h5-8,20-22,24-28H,1-4,9-17H2,(H,29,32). The Morgan fingerprint density at radius 3 is 2.53 bits per heavy atom. The first kappa shape index (κ1) is 23.8. The van der Waals surface area contributed by atoms with Gasteiger partial charge in [0.1, 0.15) is 18.6 Å². The fraction of sp³-hybridized carbons (Fsp3) is 0.708. The van der Waals surface area contributed by atoms with E-state index >= 15 is 0 Å². The molecule has 10 heteroatoms. The summed E-state index contributed by atoms with van der Waals surface area (Å²) in [7, 11) is 0. The first-order valence-electron chi connectivity index (χ1n) is 12.8. The zero-order valence-corrected chi connectivity index (χ0v) is 19.9. The van der Waals surface area contributed by atoms with E-state index in [1.807, 2.05) is 24.3 Å². The summed E-state index contributed by atoms with van der Waals surface area (Å²) < 4.78 is 11.3. The summed E-state index contributed by atoms with van der Waals surface area (Å²) in [6.07, 6.45) is 4.90. The molecule has 4 unspecified atom stereocenters. The lowest BCUT2D eigenvalue weighted by Crippen LogP contribution is -2.76. The Morgan fingerprint density at radius 1 is 1.00 bits per heavy atom. The number of hydrazine groups is 1. The molecule has 1 aromatic rings. The number of amides is 1. The number of carbonyl (C=O) groups is 1. The van der Waals surface area contributed by atoms with Gasteiger partial charge in [0.15, 0.2) is 0 Å². The lowest BCUT2D eigenvalue weighted by molar-refractivity contribution is -0.132. The first-order chi connectivity index (χ1) is 16.8. The molecule has 1 aromatic carbocycles. The van der Waals surface area contributed by atoms with E-state index in [9.17, 15) is 4.79 Å². The summed E-state index contributed by atoms with van der Waals surface area (Å²) in [5.74, 6) is 0.650. The molecule has 4 aliphatic rings. The van der Waals surface area contributed by atoms with E-state index in [2.05, 4.69) is 36.6 Å². The second-order valence-electron chi connectivity index (χ2n) is 9.64. The lowest BCUT2D eigenvalue weighted by Gasteiger charge is -2.48. The molecule has 0 spiro atoms. The van der Waals surface area contributed by atoms with Crippen molar-refractivity contribution in [2.45, 2.75) is 44.2 Å². The van der Waals surface area contributed by atoms with E-state index in [0.717, 1.165) is 57.4 Å². The Balaban J connectivity index is 1.19. The summed E-state index contributed by atoms with van der Waals surface area (Å²) in [4.78, 5) is 17.6. The minimum Gasteiger partial charge on any atom is -0.492 e. The maximum Gasteiger partial charge on any atom is 0.242 e. The molecule has 5 N–H and O–H groups in total. The van der Waals surface area contributed by atoms with E-state index in [1.165, 1.54) is 25.7 Å². The highest BCUT2D eigenvalue weighted by molar-refractivity contribution is 5.81. The van der Waals surface area contributed by atoms with Gasteiger partial charge in [-0.2, -0.15) is 0 Å². The molecule has 0 bridgehead atoms. The van der Waals surface area contributed by atoms with Crippen LogP contribution < -0.4 is 31.5 Å². The van der Waals surface area contributed by atoms with Crippen molar-refractivity contribution in [1.82, 2.24) is 31.3 Å². The Labute approximate surface area is 202 Å². The molecule has 188 valence electrons. The van der Waals surface area contributed by atoms with Gasteiger partial charge in [-0.15, -0.1) is 0 Å². The number of hydrogen-bond donors (Lipinski definition) is 5. The quantitative estimate of drug-likeness (QED) is 0.378. The zero-order valence-electron chi connectivity index (χ0n) is 19.9. The molecule has 10 nitrogen and oxygen atoms in total. The van der Waals surface area contributed by atoms with E-state index in [-0.39, 0.29) is 30.3 Å². The van der Waals surface area contributed by atoms with Crippen LogP contribution >= 0.6 is 0 Å². The largest absolute Gasteiger partial charge is 0.492 e. The summed E-state index contributed by atoms with van der Waals surface area (Å²) in [6.45, 7) is 7.98. The van der Waals surface area contributed by atoms with E-state index < -0.39 is 0 Å². The SMILES string of the molecule is O=C1NNCC2NC(N3CCCCCC3)NC(Nc3ccc(OCCN4CCOCC4)cc3)C12. The van der Waals surface area contributed by atoms with Crippen molar-refractivity contribution in [2.75, 3.05) is 64.4 Å². The number of hydrogen-bond acceptors (Lipinski definition) is 9. The van der Waals surface area contributed by atoms with Gasteiger partial charge in [-0.05, 0) is 37.1 Å². The van der Waals surface area contributed by atoms with Gasteiger partial charge in [0.25, 0.3) is 0 Å². The number of benzene rings is 1. The Kier molecular flexibility index (Phi) is 8.15. The van der Waals surface area contributed by atoms with Gasteiger partial charge in [0.05, 0.1) is 25.3 Å². The molecule has 4 fully saturated rings. The number of likely N-dealkylation sites (tertiary alicyclic amines) is 1. The van der Waals surface area contributed by atoms with Crippen molar-refractivity contribution in [3.8, 4) is 5.75 Å². The number of nitrogens with one attached hydrogen (secondary N) is 5. The first-order valence-corrected chi connectivity index (χ1v) is 12.8. The number of ether oxygens (including phenoxy) is 2. The van der Waals surface area contributed by atoms with E-state index in [1.54, 1.807) is 0 Å². The number of fused-ring (bicyclic) bond motifs is 1. The minimum atomic E-state index is -0.214. The molecule has 0 saturated carbocycles. The molecule has 5 rings (SSSR count). The topological polar surface area (TPSA) is 102 Å². The molecule has 4 atom stereocenters. The smallest absolute Gasteiger partial charge is 0.242 e. The average Bonchev–Trinajstić information content (AvgIpc) is 3.15. The normalized spacial score (nSPS) is 31.2. The van der Waals surface area contributed by atoms with Crippen molar-refractivity contribution >= 4 is 11.6 Å². The van der Waals surface area contributed by atoms with Crippen molar-refractivity contribution in [3.05, 3.63) is 24.3 Å². The molecule has 0 radical (unpaired) electrons. The number of anilines is 1. The second-order valence-corrected chi connectivity index (χ2v) is 9.64. The van der Waals surface area contributed by atoms with Gasteiger partial charge < -0.3 is 14.8 Å². The number of nitrogens with zero attached hydrogens (tertiary/aromatic N) is 2. The molecular formula is C24H39N7O3. The van der Waals surface area contributed by atoms with Crippen LogP contribution in [0.15, 0.2) is 24.3 Å². The van der Waals surface area contributed by atoms with Crippen LogP contribution in [0.5, 0.6) is 5.75 Å². The zero-order chi connectivity index (χ0) is 23.2. The number of morpholine rings is 1. The van der Waals surface area contributed by atoms with Gasteiger partial charge in [-0.3, -0.25) is 30.7 Å². The van der Waals surface area contributed by atoms with Gasteiger partial charge in [-0.25, -0.2) is 5.43 Å². The molecule has 34 heavy (non-hydrogen) atoms. The van der Waals surface area contributed by atoms with Crippen molar-refractivity contribution in [2.24, 2.45) is 5.92 Å². The van der Waals surface area contributed by atoms with Crippen LogP contribution in [0.1, 0.15) is 25.7 Å². The summed E-state index contributed by atoms with van der Waals surface area (Å²) in [5.41, 5.74) is 6.82. The Bertz CT molecular complexity index is 781. The predicted octanol–water partition coefficient (Wildman–Crippen LogP) is 0.107. The van der Waals surface area contributed by atoms with Gasteiger partial charge in [-0.1, -0.05) is 12.8 Å². The molecule has 0 aromatic heterocycles. The Morgan fingerprint density at radius 2 is 1.76 bits per heavy atom. The van der Waals surface area contributed by atoms with Crippen LogP contribution in [-0.2, 0) is 9.53 Å². The van der Waals surface area contributed by atoms with Crippen molar-refractivity contribution < 1.29 is 14.3 Å². The van der Waals surface area contributed by atoms with E-state index in [0.29, 0.717) is 13.2 Å². The van der Waals surface area contributed by atoms with Crippen molar-refractivity contribution in [1.29, 1.82) is 0 Å². The van der Waals surface area contributed by atoms with Crippen molar-refractivity contribution in [3.63, 3.8) is 0 Å². The van der Waals surface area contributed by atoms with Gasteiger partial charge >= 0.3 is 0 Å². The van der Waals surface area contributed by atoms with Crippen LogP contribution in [0.25, 0.3) is 0 Å². The van der Waals surface area contributed by atoms with Crippen LogP contribution in [0, 0.1) is 5.92 Å². The highest BCUT2D eigenvalue weighted by atomic mass is 16.5. The number of carbonyl (C=O) groups excluding carboxylic acids is 1. The maximum absolute atomic E-state index is 12.7. The average molecular weight is 474 g/mol. The third-order valence-electron chi connectivity index (χ3n) is 7.30. The molecule has 4 aliphatic heterocycles. The second kappa shape index (κ2) is 11.7. The van der Waals surface area contributed by atoms with Crippen LogP contribution in [0.2, 0.25) is 0 Å². The van der Waals surface area contributed by atoms with Crippen LogP contribution in [0.4, 0.5) is 5.69 Å². The van der Waals surface area contributed by atoms with E-state index in [4.69, 9.17) is 9.47 Å². The number of rotatable bonds is 7. The maximum atomic E-state index is 12.7. The lowest BCUT2D eigenvalue weighted by atomic mass is 9.91. The molecule has 0 aliphatic carbocycles. The third-order valence-corrected chi connectivity index (χ3v) is 7.30. The highest BCUT2D eigenvalue weighted by Gasteiger charge is 2.44. The molecule has 4 saturated heterocycles. The van der Waals surface area contributed by atoms with Crippen LogP contribution in [0.3, 0.4) is 0 Å². The summed E-state index contributed by atoms with van der Waals surface area (Å²) in [6, 6.07) is 8.11. The molecule has 1 amide bonds. The third kappa shape index (κ3) is 5.99. The molecule has 4 heterocycles. The molecular weight excluding hydrogens is 434 g/mol. The Hall–Kier alpha value is -1.95. The van der Waals surface area contributed by atoms with Gasteiger partial charge in [0, 0.05) is 51.0 Å². The monoisotopic (exact) mass is 473 g/mol. The van der Waals surface area contributed by atoms with Crippen LogP contribution in [-0.4, -0.2) is 93.3 Å².